The molecule has 6 nitrogen and oxygen atoms in total. The van der Waals surface area contributed by atoms with Gasteiger partial charge in [-0.15, -0.1) is 0 Å². The van der Waals surface area contributed by atoms with Crippen LogP contribution in [0, 0.1) is 20.8 Å². The van der Waals surface area contributed by atoms with E-state index in [1.807, 2.05) is 57.2 Å². The molecule has 2 N–H and O–H groups in total. The summed E-state index contributed by atoms with van der Waals surface area (Å²) in [5.74, 6) is 1.28. The molecule has 6 heteroatoms. The Balaban J connectivity index is 1.79. The fraction of sp³-hybridized carbons (Fsp3) is 0.273. The van der Waals surface area contributed by atoms with Crippen molar-refractivity contribution in [2.45, 2.75) is 33.2 Å². The van der Waals surface area contributed by atoms with Crippen molar-refractivity contribution in [2.24, 2.45) is 0 Å². The molecule has 1 atom stereocenters. The number of carbonyl (C=O) groups excluding carboxylic acids is 1. The Kier molecular flexibility index (Phi) is 5.99. The number of hydrogen-bond acceptors (Lipinski definition) is 4. The van der Waals surface area contributed by atoms with E-state index in [-0.39, 0.29) is 12.1 Å². The van der Waals surface area contributed by atoms with Gasteiger partial charge >= 0.3 is 6.03 Å². The van der Waals surface area contributed by atoms with Crippen molar-refractivity contribution in [3.63, 3.8) is 0 Å². The van der Waals surface area contributed by atoms with Gasteiger partial charge in [0.05, 0.1) is 13.3 Å². The largest absolute Gasteiger partial charge is 0.496 e. The molecule has 0 spiro atoms. The molecule has 0 fully saturated rings. The number of nitrogens with zero attached hydrogens (tertiary/aromatic N) is 1. The smallest absolute Gasteiger partial charge is 0.319 e. The number of rotatable bonds is 6. The van der Waals surface area contributed by atoms with Crippen molar-refractivity contribution >= 4 is 11.7 Å². The van der Waals surface area contributed by atoms with E-state index in [4.69, 9.17) is 9.15 Å². The highest BCUT2D eigenvalue weighted by molar-refractivity contribution is 5.91. The number of ether oxygens (including phenoxy) is 1. The molecule has 3 aromatic rings. The molecule has 0 radical (unpaired) electrons. The van der Waals surface area contributed by atoms with E-state index in [1.165, 1.54) is 6.26 Å². The van der Waals surface area contributed by atoms with E-state index in [0.29, 0.717) is 12.3 Å². The number of hydrogen-bond donors (Lipinski definition) is 2. The lowest BCUT2D eigenvalue weighted by Gasteiger charge is -2.20. The van der Waals surface area contributed by atoms with Gasteiger partial charge in [-0.25, -0.2) is 9.78 Å². The number of oxazole rings is 1. The van der Waals surface area contributed by atoms with E-state index in [0.717, 1.165) is 33.7 Å². The summed E-state index contributed by atoms with van der Waals surface area (Å²) in [6.07, 6.45) is 3.66. The van der Waals surface area contributed by atoms with Crippen LogP contribution >= 0.6 is 0 Å². The van der Waals surface area contributed by atoms with Crippen LogP contribution in [0.4, 0.5) is 10.5 Å². The molecule has 0 aliphatic carbocycles. The quantitative estimate of drug-likeness (QED) is 0.650. The molecule has 146 valence electrons. The zero-order valence-corrected chi connectivity index (χ0v) is 16.6. The molecule has 0 saturated carbocycles. The molecule has 1 heterocycles. The molecule has 0 saturated heterocycles. The maximum absolute atomic E-state index is 12.8. The van der Waals surface area contributed by atoms with Gasteiger partial charge in [0, 0.05) is 12.1 Å². The number of aromatic nitrogens is 1. The number of anilines is 1. The zero-order valence-electron chi connectivity index (χ0n) is 16.6. The predicted octanol–water partition coefficient (Wildman–Crippen LogP) is 4.71. The average molecular weight is 379 g/mol. The van der Waals surface area contributed by atoms with Crippen LogP contribution in [-0.2, 0) is 6.42 Å². The minimum atomic E-state index is -0.377. The lowest BCUT2D eigenvalue weighted by molar-refractivity contribution is 0.245. The number of methoxy groups -OCH3 is 1. The molecule has 1 aromatic heterocycles. The van der Waals surface area contributed by atoms with Gasteiger partial charge in [-0.1, -0.05) is 30.3 Å². The topological polar surface area (TPSA) is 76.4 Å². The summed E-state index contributed by atoms with van der Waals surface area (Å²) in [6.45, 7) is 5.89. The van der Waals surface area contributed by atoms with Crippen molar-refractivity contribution in [1.29, 1.82) is 0 Å². The number of urea groups is 1. The second-order valence-electron chi connectivity index (χ2n) is 6.73. The van der Waals surface area contributed by atoms with Gasteiger partial charge in [0.1, 0.15) is 18.1 Å². The van der Waals surface area contributed by atoms with Gasteiger partial charge in [-0.3, -0.25) is 0 Å². The molecule has 0 aliphatic rings. The van der Waals surface area contributed by atoms with Crippen molar-refractivity contribution in [3.8, 4) is 5.75 Å². The zero-order chi connectivity index (χ0) is 20.1. The van der Waals surface area contributed by atoms with Crippen LogP contribution < -0.4 is 15.4 Å². The number of carbonyl (C=O) groups is 1. The van der Waals surface area contributed by atoms with Crippen LogP contribution in [0.3, 0.4) is 0 Å². The number of benzene rings is 2. The maximum Gasteiger partial charge on any atom is 0.319 e. The lowest BCUT2D eigenvalue weighted by Crippen LogP contribution is -2.34. The Labute approximate surface area is 164 Å². The van der Waals surface area contributed by atoms with Gasteiger partial charge in [0.25, 0.3) is 0 Å². The number of amides is 2. The third-order valence-electron chi connectivity index (χ3n) is 4.84. The number of aryl methyl sites for hydroxylation is 1. The van der Waals surface area contributed by atoms with Crippen LogP contribution in [-0.4, -0.2) is 18.1 Å². The average Bonchev–Trinajstić information content (AvgIpc) is 3.23. The first-order chi connectivity index (χ1) is 13.5. The van der Waals surface area contributed by atoms with Gasteiger partial charge in [-0.2, -0.15) is 0 Å². The van der Waals surface area contributed by atoms with Crippen LogP contribution in [0.1, 0.15) is 34.2 Å². The van der Waals surface area contributed by atoms with Gasteiger partial charge in [0.15, 0.2) is 0 Å². The highest BCUT2D eigenvalue weighted by Gasteiger charge is 2.21. The Morgan fingerprint density at radius 3 is 2.57 bits per heavy atom. The van der Waals surface area contributed by atoms with E-state index < -0.39 is 0 Å². The molecule has 0 bridgehead atoms. The van der Waals surface area contributed by atoms with Crippen molar-refractivity contribution in [3.05, 3.63) is 77.0 Å². The van der Waals surface area contributed by atoms with E-state index in [1.54, 1.807) is 13.3 Å². The third-order valence-corrected chi connectivity index (χ3v) is 4.84. The summed E-state index contributed by atoms with van der Waals surface area (Å²) < 4.78 is 10.8. The SMILES string of the molecule is COc1cc(C)c(NC(=O)NC(Cc2ccccc2)c2ncco2)c(C)c1C. The Morgan fingerprint density at radius 2 is 1.93 bits per heavy atom. The fourth-order valence-corrected chi connectivity index (χ4v) is 3.21. The van der Waals surface area contributed by atoms with E-state index in [9.17, 15) is 4.79 Å². The van der Waals surface area contributed by atoms with Crippen molar-refractivity contribution < 1.29 is 13.9 Å². The summed E-state index contributed by atoms with van der Waals surface area (Å²) >= 11 is 0. The molecule has 2 amide bonds. The highest BCUT2D eigenvalue weighted by atomic mass is 16.5. The van der Waals surface area contributed by atoms with Crippen LogP contribution in [0.2, 0.25) is 0 Å². The minimum absolute atomic E-state index is 0.310. The molecule has 28 heavy (non-hydrogen) atoms. The standard InChI is InChI=1S/C22H25N3O3/c1-14-12-19(27-4)15(2)16(3)20(14)25-22(26)24-18(21-23-10-11-28-21)13-17-8-6-5-7-9-17/h5-12,18H,13H2,1-4H3,(H2,24,25,26). The molecule has 1 unspecified atom stereocenters. The molecular formula is C22H25N3O3. The fourth-order valence-electron chi connectivity index (χ4n) is 3.21. The first kappa shape index (κ1) is 19.5. The molecule has 3 rings (SSSR count). The molecular weight excluding hydrogens is 354 g/mol. The first-order valence-corrected chi connectivity index (χ1v) is 9.15. The van der Waals surface area contributed by atoms with Crippen LogP contribution in [0.5, 0.6) is 5.75 Å². The minimum Gasteiger partial charge on any atom is -0.496 e. The van der Waals surface area contributed by atoms with Crippen molar-refractivity contribution in [1.82, 2.24) is 10.3 Å². The predicted molar refractivity (Wildman–Crippen MR) is 109 cm³/mol. The lowest BCUT2D eigenvalue weighted by atomic mass is 10.0. The van der Waals surface area contributed by atoms with E-state index in [2.05, 4.69) is 15.6 Å². The Morgan fingerprint density at radius 1 is 1.18 bits per heavy atom. The first-order valence-electron chi connectivity index (χ1n) is 9.15. The summed E-state index contributed by atoms with van der Waals surface area (Å²) in [6, 6.07) is 11.2. The van der Waals surface area contributed by atoms with Gasteiger partial charge in [0.2, 0.25) is 5.89 Å². The van der Waals surface area contributed by atoms with Gasteiger partial charge < -0.3 is 19.8 Å². The summed E-state index contributed by atoms with van der Waals surface area (Å²) in [5.41, 5.74) is 4.77. The van der Waals surface area contributed by atoms with Gasteiger partial charge in [-0.05, 0) is 49.1 Å². The van der Waals surface area contributed by atoms with Crippen LogP contribution in [0.15, 0.2) is 53.3 Å². The van der Waals surface area contributed by atoms with Crippen LogP contribution in [0.25, 0.3) is 0 Å². The monoisotopic (exact) mass is 379 g/mol. The summed E-state index contributed by atoms with van der Waals surface area (Å²) in [7, 11) is 1.64. The summed E-state index contributed by atoms with van der Waals surface area (Å²) in [5, 5.41) is 5.96. The third kappa shape index (κ3) is 4.34. The normalized spacial score (nSPS) is 11.7. The molecule has 2 aromatic carbocycles. The second kappa shape index (κ2) is 8.61. The Hall–Kier alpha value is -3.28. The summed E-state index contributed by atoms with van der Waals surface area (Å²) in [4.78, 5) is 17.0. The number of nitrogens with one attached hydrogen (secondary N) is 2. The maximum atomic E-state index is 12.8. The molecule has 0 aliphatic heterocycles. The Bertz CT molecular complexity index is 937. The second-order valence-corrected chi connectivity index (χ2v) is 6.73. The highest BCUT2D eigenvalue weighted by Crippen LogP contribution is 2.31. The van der Waals surface area contributed by atoms with Crippen molar-refractivity contribution in [2.75, 3.05) is 12.4 Å². The van der Waals surface area contributed by atoms with E-state index >= 15 is 0 Å².